The molecular weight excluding hydrogens is 308 g/mol. The molecule has 0 unspecified atom stereocenters. The van der Waals surface area contributed by atoms with Crippen LogP contribution in [0, 0.1) is 0 Å². The Kier molecular flexibility index (Phi) is 5.45. The van der Waals surface area contributed by atoms with Crippen molar-refractivity contribution < 1.29 is 23.1 Å². The first-order chi connectivity index (χ1) is 9.41. The van der Waals surface area contributed by atoms with Gasteiger partial charge in [-0.25, -0.2) is 8.78 Å². The molecule has 0 saturated heterocycles. The maximum atomic E-state index is 12.9. The molecule has 2 rings (SSSR count). The fourth-order valence-electron chi connectivity index (χ4n) is 1.61. The predicted molar refractivity (Wildman–Crippen MR) is 74.1 cm³/mol. The number of anilines is 1. The van der Waals surface area contributed by atoms with E-state index < -0.39 is 24.9 Å². The summed E-state index contributed by atoms with van der Waals surface area (Å²) >= 11 is 0. The van der Waals surface area contributed by atoms with Crippen molar-refractivity contribution in [2.45, 2.75) is 5.92 Å². The number of alkyl halides is 2. The zero-order chi connectivity index (χ0) is 14.8. The Balaban J connectivity index is 0.00000220. The van der Waals surface area contributed by atoms with Gasteiger partial charge in [-0.15, -0.1) is 12.4 Å². The molecule has 1 aliphatic heterocycles. The molecule has 6 nitrogen and oxygen atoms in total. The van der Waals surface area contributed by atoms with Crippen LogP contribution in [0.5, 0.6) is 5.75 Å². The second-order valence-electron chi connectivity index (χ2n) is 4.29. The van der Waals surface area contributed by atoms with Gasteiger partial charge in [0.25, 0.3) is 17.7 Å². The smallest absolute Gasteiger partial charge is 0.277 e. The lowest BCUT2D eigenvalue weighted by Gasteiger charge is -2.19. The number of carbonyl (C=O) groups is 2. The fraction of sp³-hybridized carbons (Fsp3) is 0.333. The molecule has 0 aliphatic carbocycles. The second-order valence-corrected chi connectivity index (χ2v) is 4.29. The number of halogens is 3. The molecule has 1 heterocycles. The number of benzene rings is 1. The number of fused-ring (bicyclic) bond motifs is 1. The van der Waals surface area contributed by atoms with Gasteiger partial charge in [-0.1, -0.05) is 0 Å². The Morgan fingerprint density at radius 3 is 2.86 bits per heavy atom. The highest BCUT2D eigenvalue weighted by Crippen LogP contribution is 2.28. The standard InChI is InChI=1S/C12H13F2N3O3.ClH/c13-12(14,5-15)6-16-11(19)7-1-2-9-8(3-7)17-10(18)4-20-9;/h1-3H,4-6,15H2,(H,16,19)(H,17,18);1H. The number of amides is 2. The summed E-state index contributed by atoms with van der Waals surface area (Å²) in [5.41, 5.74) is 5.35. The van der Waals surface area contributed by atoms with Crippen LogP contribution >= 0.6 is 12.4 Å². The van der Waals surface area contributed by atoms with Crippen LogP contribution in [0.4, 0.5) is 14.5 Å². The molecule has 0 spiro atoms. The highest BCUT2D eigenvalue weighted by molar-refractivity contribution is 5.99. The quantitative estimate of drug-likeness (QED) is 0.763. The number of nitrogens with one attached hydrogen (secondary N) is 2. The molecule has 0 saturated carbocycles. The average Bonchev–Trinajstić information content (AvgIpc) is 2.44. The van der Waals surface area contributed by atoms with Crippen LogP contribution in [-0.4, -0.2) is 37.4 Å². The topological polar surface area (TPSA) is 93.5 Å². The number of hydrogen-bond donors (Lipinski definition) is 3. The summed E-state index contributed by atoms with van der Waals surface area (Å²) in [5, 5.41) is 4.61. The molecule has 9 heteroatoms. The van der Waals surface area contributed by atoms with E-state index in [2.05, 4.69) is 10.6 Å². The Labute approximate surface area is 125 Å². The molecule has 0 fully saturated rings. The summed E-state index contributed by atoms with van der Waals surface area (Å²) in [5.74, 6) is -3.75. The van der Waals surface area contributed by atoms with Crippen molar-refractivity contribution >= 4 is 29.9 Å². The van der Waals surface area contributed by atoms with Crippen LogP contribution < -0.4 is 21.1 Å². The molecule has 4 N–H and O–H groups in total. The molecule has 1 aromatic carbocycles. The van der Waals surface area contributed by atoms with E-state index in [0.717, 1.165) is 0 Å². The molecule has 0 radical (unpaired) electrons. The zero-order valence-corrected chi connectivity index (χ0v) is 11.6. The molecule has 116 valence electrons. The first kappa shape index (κ1) is 17.1. The third-order valence-corrected chi connectivity index (χ3v) is 2.68. The summed E-state index contributed by atoms with van der Waals surface area (Å²) in [6, 6.07) is 4.28. The Bertz CT molecular complexity index is 555. The van der Waals surface area contributed by atoms with Crippen LogP contribution in [0.1, 0.15) is 10.4 Å². The molecule has 0 aromatic heterocycles. The van der Waals surface area contributed by atoms with E-state index in [9.17, 15) is 18.4 Å². The average molecular weight is 322 g/mol. The van der Waals surface area contributed by atoms with Crippen LogP contribution in [0.2, 0.25) is 0 Å². The monoisotopic (exact) mass is 321 g/mol. The van der Waals surface area contributed by atoms with Crippen LogP contribution in [0.25, 0.3) is 0 Å². The second kappa shape index (κ2) is 6.68. The number of nitrogens with two attached hydrogens (primary N) is 1. The number of hydrogen-bond acceptors (Lipinski definition) is 4. The van der Waals surface area contributed by atoms with Gasteiger partial charge in [-0.05, 0) is 18.2 Å². The molecule has 21 heavy (non-hydrogen) atoms. The van der Waals surface area contributed by atoms with Gasteiger partial charge in [0, 0.05) is 5.56 Å². The van der Waals surface area contributed by atoms with Gasteiger partial charge in [0.05, 0.1) is 18.8 Å². The minimum absolute atomic E-state index is 0. The normalized spacial score (nSPS) is 13.4. The van der Waals surface area contributed by atoms with Crippen molar-refractivity contribution in [2.24, 2.45) is 5.73 Å². The molecule has 1 aromatic rings. The summed E-state index contributed by atoms with van der Waals surface area (Å²) in [6.07, 6.45) is 0. The van der Waals surface area contributed by atoms with Crippen molar-refractivity contribution in [1.29, 1.82) is 0 Å². The van der Waals surface area contributed by atoms with E-state index in [1.807, 2.05) is 0 Å². The van der Waals surface area contributed by atoms with Gasteiger partial charge < -0.3 is 21.1 Å². The summed E-state index contributed by atoms with van der Waals surface area (Å²) in [7, 11) is 0. The van der Waals surface area contributed by atoms with Crippen molar-refractivity contribution in [3.8, 4) is 5.75 Å². The highest BCUT2D eigenvalue weighted by atomic mass is 35.5. The first-order valence-electron chi connectivity index (χ1n) is 5.84. The van der Waals surface area contributed by atoms with E-state index in [4.69, 9.17) is 10.5 Å². The molecular formula is C12H14ClF2N3O3. The molecule has 0 bridgehead atoms. The summed E-state index contributed by atoms with van der Waals surface area (Å²) in [6.45, 7) is -1.79. The van der Waals surface area contributed by atoms with Gasteiger partial charge in [0.1, 0.15) is 5.75 Å². The Morgan fingerprint density at radius 2 is 2.19 bits per heavy atom. The third-order valence-electron chi connectivity index (χ3n) is 2.68. The number of carbonyl (C=O) groups excluding carboxylic acids is 2. The number of rotatable bonds is 4. The highest BCUT2D eigenvalue weighted by Gasteiger charge is 2.27. The lowest BCUT2D eigenvalue weighted by atomic mass is 10.1. The van der Waals surface area contributed by atoms with E-state index in [1.165, 1.54) is 18.2 Å². The van der Waals surface area contributed by atoms with Gasteiger partial charge in [0.15, 0.2) is 6.61 Å². The minimum atomic E-state index is -3.15. The minimum Gasteiger partial charge on any atom is -0.482 e. The van der Waals surface area contributed by atoms with Gasteiger partial charge in [0.2, 0.25) is 0 Å². The maximum Gasteiger partial charge on any atom is 0.277 e. The van der Waals surface area contributed by atoms with Crippen LogP contribution in [-0.2, 0) is 4.79 Å². The largest absolute Gasteiger partial charge is 0.482 e. The summed E-state index contributed by atoms with van der Waals surface area (Å²) in [4.78, 5) is 22.9. The SMILES string of the molecule is Cl.NCC(F)(F)CNC(=O)c1ccc2c(c1)NC(=O)CO2. The van der Waals surface area contributed by atoms with Crippen molar-refractivity contribution in [2.75, 3.05) is 25.0 Å². The summed E-state index contributed by atoms with van der Waals surface area (Å²) < 4.78 is 31.0. The predicted octanol–water partition coefficient (Wildman–Crippen LogP) is 0.763. The first-order valence-corrected chi connectivity index (χ1v) is 5.84. The molecule has 0 atom stereocenters. The lowest BCUT2D eigenvalue weighted by molar-refractivity contribution is -0.118. The van der Waals surface area contributed by atoms with Gasteiger partial charge in [-0.2, -0.15) is 0 Å². The lowest BCUT2D eigenvalue weighted by Crippen LogP contribution is -2.41. The maximum absolute atomic E-state index is 12.9. The third kappa shape index (κ3) is 4.27. The van der Waals surface area contributed by atoms with Gasteiger partial charge >= 0.3 is 0 Å². The Morgan fingerprint density at radius 1 is 1.48 bits per heavy atom. The van der Waals surface area contributed by atoms with Gasteiger partial charge in [-0.3, -0.25) is 9.59 Å². The van der Waals surface area contributed by atoms with E-state index in [-0.39, 0.29) is 30.5 Å². The fourth-order valence-corrected chi connectivity index (χ4v) is 1.61. The van der Waals surface area contributed by atoms with Crippen molar-refractivity contribution in [3.63, 3.8) is 0 Å². The van der Waals surface area contributed by atoms with E-state index in [0.29, 0.717) is 11.4 Å². The van der Waals surface area contributed by atoms with E-state index >= 15 is 0 Å². The van der Waals surface area contributed by atoms with Crippen LogP contribution in [0.3, 0.4) is 0 Å². The van der Waals surface area contributed by atoms with Crippen molar-refractivity contribution in [1.82, 2.24) is 5.32 Å². The zero-order valence-electron chi connectivity index (χ0n) is 10.8. The number of ether oxygens (including phenoxy) is 1. The van der Waals surface area contributed by atoms with E-state index in [1.54, 1.807) is 0 Å². The van der Waals surface area contributed by atoms with Crippen molar-refractivity contribution in [3.05, 3.63) is 23.8 Å². The van der Waals surface area contributed by atoms with Crippen LogP contribution in [0.15, 0.2) is 18.2 Å². The molecule has 2 amide bonds. The Hall–Kier alpha value is -1.93. The molecule has 1 aliphatic rings.